The summed E-state index contributed by atoms with van der Waals surface area (Å²) >= 11 is 5.98. The lowest BCUT2D eigenvalue weighted by Gasteiger charge is -2.11. The number of carboxylic acid groups (broad SMARTS) is 1. The third-order valence-electron chi connectivity index (χ3n) is 5.22. The monoisotopic (exact) mass is 439 g/mol. The third kappa shape index (κ3) is 3.92. The lowest BCUT2D eigenvalue weighted by atomic mass is 9.99. The second kappa shape index (κ2) is 7.92. The van der Waals surface area contributed by atoms with Crippen LogP contribution in [0, 0.1) is 6.92 Å². The lowest BCUT2D eigenvalue weighted by Crippen LogP contribution is -2.39. The normalized spacial score (nSPS) is 12.2. The molecule has 158 valence electrons. The molecule has 31 heavy (non-hydrogen) atoms. The van der Waals surface area contributed by atoms with Gasteiger partial charge in [-0.15, -0.1) is 0 Å². The minimum Gasteiger partial charge on any atom is -0.480 e. The molecule has 2 heterocycles. The Morgan fingerprint density at radius 1 is 1.13 bits per heavy atom. The van der Waals surface area contributed by atoms with Crippen molar-refractivity contribution in [2.45, 2.75) is 26.3 Å². The van der Waals surface area contributed by atoms with Crippen molar-refractivity contribution < 1.29 is 23.5 Å². The molecule has 2 N–H and O–H groups in total. The average molecular weight is 440 g/mol. The Balaban J connectivity index is 1.79. The maximum atomic E-state index is 12.5. The van der Waals surface area contributed by atoms with Crippen LogP contribution in [0.5, 0.6) is 0 Å². The highest BCUT2D eigenvalue weighted by Gasteiger charge is 2.20. The van der Waals surface area contributed by atoms with Gasteiger partial charge in [0.2, 0.25) is 5.91 Å². The van der Waals surface area contributed by atoms with Gasteiger partial charge in [-0.2, -0.15) is 0 Å². The minimum absolute atomic E-state index is 0.179. The van der Waals surface area contributed by atoms with E-state index in [1.165, 1.54) is 6.92 Å². The zero-order valence-corrected chi connectivity index (χ0v) is 17.4. The summed E-state index contributed by atoms with van der Waals surface area (Å²) in [5.74, 6) is -1.73. The van der Waals surface area contributed by atoms with Crippen LogP contribution < -0.4 is 10.9 Å². The second-order valence-corrected chi connectivity index (χ2v) is 7.73. The summed E-state index contributed by atoms with van der Waals surface area (Å²) in [6, 6.07) is 9.79. The van der Waals surface area contributed by atoms with Crippen molar-refractivity contribution in [2.75, 3.05) is 0 Å². The number of furan rings is 1. The van der Waals surface area contributed by atoms with E-state index in [2.05, 4.69) is 5.32 Å². The molecule has 4 rings (SSSR count). The topological polar surface area (TPSA) is 110 Å². The molecule has 0 saturated heterocycles. The molecule has 0 fully saturated rings. The van der Waals surface area contributed by atoms with Gasteiger partial charge in [0.15, 0.2) is 0 Å². The van der Waals surface area contributed by atoms with Crippen LogP contribution in [0.1, 0.15) is 18.1 Å². The smallest absolute Gasteiger partial charge is 0.340 e. The zero-order valence-electron chi connectivity index (χ0n) is 16.7. The molecule has 0 spiro atoms. The van der Waals surface area contributed by atoms with Crippen molar-refractivity contribution in [2.24, 2.45) is 0 Å². The van der Waals surface area contributed by atoms with Crippen LogP contribution in [0.2, 0.25) is 5.02 Å². The van der Waals surface area contributed by atoms with Gasteiger partial charge in [-0.1, -0.05) is 23.7 Å². The fourth-order valence-electron chi connectivity index (χ4n) is 3.48. The zero-order chi connectivity index (χ0) is 22.3. The highest BCUT2D eigenvalue weighted by Crippen LogP contribution is 2.35. The molecule has 7 nitrogen and oxygen atoms in total. The summed E-state index contributed by atoms with van der Waals surface area (Å²) < 4.78 is 11.1. The molecule has 1 atom stereocenters. The van der Waals surface area contributed by atoms with E-state index in [4.69, 9.17) is 25.5 Å². The van der Waals surface area contributed by atoms with Crippen LogP contribution in [0.15, 0.2) is 56.3 Å². The van der Waals surface area contributed by atoms with Crippen molar-refractivity contribution in [3.63, 3.8) is 0 Å². The Labute approximate surface area is 181 Å². The number of carbonyl (C=O) groups is 2. The van der Waals surface area contributed by atoms with Crippen molar-refractivity contribution in [3.8, 4) is 11.1 Å². The molecular weight excluding hydrogens is 422 g/mol. The highest BCUT2D eigenvalue weighted by molar-refractivity contribution is 6.30. The number of carboxylic acids is 1. The SMILES string of the molecule is Cc1c(CC(=O)N[C@@H](C)C(=O)O)c(=O)oc2cc3occ(-c4ccc(Cl)cc4)c3cc12. The number of rotatable bonds is 5. The predicted molar refractivity (Wildman–Crippen MR) is 116 cm³/mol. The second-order valence-electron chi connectivity index (χ2n) is 7.30. The van der Waals surface area contributed by atoms with E-state index in [9.17, 15) is 14.4 Å². The number of fused-ring (bicyclic) bond motifs is 2. The average Bonchev–Trinajstić information content (AvgIpc) is 3.13. The van der Waals surface area contributed by atoms with Gasteiger partial charge in [0, 0.05) is 27.4 Å². The molecule has 1 amide bonds. The number of hydrogen-bond acceptors (Lipinski definition) is 5. The van der Waals surface area contributed by atoms with Crippen LogP contribution >= 0.6 is 11.6 Å². The Morgan fingerprint density at radius 2 is 1.84 bits per heavy atom. The molecule has 2 aromatic carbocycles. The van der Waals surface area contributed by atoms with Crippen LogP contribution in [0.4, 0.5) is 0 Å². The molecule has 8 heteroatoms. The minimum atomic E-state index is -1.16. The summed E-state index contributed by atoms with van der Waals surface area (Å²) in [6.07, 6.45) is 1.34. The number of carbonyl (C=O) groups excluding carboxylic acids is 1. The molecule has 0 bridgehead atoms. The maximum Gasteiger partial charge on any atom is 0.340 e. The van der Waals surface area contributed by atoms with E-state index in [0.717, 1.165) is 16.5 Å². The summed E-state index contributed by atoms with van der Waals surface area (Å²) in [6.45, 7) is 3.08. The Kier molecular flexibility index (Phi) is 5.29. The van der Waals surface area contributed by atoms with Crippen molar-refractivity contribution >= 4 is 45.4 Å². The fraction of sp³-hybridized carbons (Fsp3) is 0.174. The first-order valence-electron chi connectivity index (χ1n) is 9.50. The lowest BCUT2D eigenvalue weighted by molar-refractivity contribution is -0.141. The molecule has 4 aromatic rings. The summed E-state index contributed by atoms with van der Waals surface area (Å²) in [7, 11) is 0. The molecular formula is C23H18ClNO6. The number of halogens is 1. The van der Waals surface area contributed by atoms with Gasteiger partial charge < -0.3 is 19.3 Å². The quantitative estimate of drug-likeness (QED) is 0.448. The summed E-state index contributed by atoms with van der Waals surface area (Å²) in [5.41, 5.74) is 2.80. The molecule has 0 aliphatic carbocycles. The first-order chi connectivity index (χ1) is 14.7. The first-order valence-corrected chi connectivity index (χ1v) is 9.88. The fourth-order valence-corrected chi connectivity index (χ4v) is 3.61. The van der Waals surface area contributed by atoms with E-state index in [0.29, 0.717) is 27.1 Å². The molecule has 0 unspecified atom stereocenters. The number of aryl methyl sites for hydroxylation is 1. The van der Waals surface area contributed by atoms with Gasteiger partial charge in [-0.25, -0.2) is 4.79 Å². The third-order valence-corrected chi connectivity index (χ3v) is 5.47. The maximum absolute atomic E-state index is 12.5. The Bertz CT molecular complexity index is 1380. The summed E-state index contributed by atoms with van der Waals surface area (Å²) in [4.78, 5) is 35.7. The number of benzene rings is 2. The van der Waals surface area contributed by atoms with E-state index >= 15 is 0 Å². The number of amides is 1. The molecule has 2 aromatic heterocycles. The Hall–Kier alpha value is -3.58. The predicted octanol–water partition coefficient (Wildman–Crippen LogP) is 4.30. The van der Waals surface area contributed by atoms with Gasteiger partial charge in [0.25, 0.3) is 0 Å². The first kappa shape index (κ1) is 20.7. The molecule has 0 radical (unpaired) electrons. The summed E-state index contributed by atoms with van der Waals surface area (Å²) in [5, 5.41) is 13.4. The Morgan fingerprint density at radius 3 is 2.52 bits per heavy atom. The van der Waals surface area contributed by atoms with Gasteiger partial charge in [0.1, 0.15) is 17.2 Å². The highest BCUT2D eigenvalue weighted by atomic mass is 35.5. The van der Waals surface area contributed by atoms with Crippen molar-refractivity contribution in [1.29, 1.82) is 0 Å². The van der Waals surface area contributed by atoms with Crippen LogP contribution in [0.25, 0.3) is 33.1 Å². The van der Waals surface area contributed by atoms with Crippen LogP contribution in [-0.2, 0) is 16.0 Å². The number of aliphatic carboxylic acids is 1. The van der Waals surface area contributed by atoms with Gasteiger partial charge >= 0.3 is 11.6 Å². The van der Waals surface area contributed by atoms with Crippen LogP contribution in [0.3, 0.4) is 0 Å². The van der Waals surface area contributed by atoms with Crippen LogP contribution in [-0.4, -0.2) is 23.0 Å². The molecule has 0 aliphatic heterocycles. The van der Waals surface area contributed by atoms with Crippen molar-refractivity contribution in [1.82, 2.24) is 5.32 Å². The van der Waals surface area contributed by atoms with E-state index in [1.54, 1.807) is 31.4 Å². The number of hydrogen-bond donors (Lipinski definition) is 2. The van der Waals surface area contributed by atoms with E-state index in [1.807, 2.05) is 18.2 Å². The standard InChI is InChI=1S/C23H18ClNO6/c1-11-15-7-17-18(13-3-5-14(24)6-4-13)10-30-19(17)9-20(15)31-23(29)16(11)8-21(26)25-12(2)22(27)28/h3-7,9-10,12H,8H2,1-2H3,(H,25,26)(H,27,28)/t12-/m0/s1. The van der Waals surface area contributed by atoms with Gasteiger partial charge in [0.05, 0.1) is 18.2 Å². The molecule has 0 aliphatic rings. The van der Waals surface area contributed by atoms with Gasteiger partial charge in [-0.05, 0) is 43.2 Å². The molecule has 0 saturated carbocycles. The number of nitrogens with one attached hydrogen (secondary N) is 1. The van der Waals surface area contributed by atoms with E-state index < -0.39 is 23.5 Å². The van der Waals surface area contributed by atoms with Gasteiger partial charge in [-0.3, -0.25) is 9.59 Å². The largest absolute Gasteiger partial charge is 0.480 e. The van der Waals surface area contributed by atoms with Crippen molar-refractivity contribution in [3.05, 3.63) is 69.2 Å². The van der Waals surface area contributed by atoms with E-state index in [-0.39, 0.29) is 12.0 Å².